The van der Waals surface area contributed by atoms with Crippen molar-refractivity contribution in [3.63, 3.8) is 0 Å². The molecule has 0 bridgehead atoms. The minimum absolute atomic E-state index is 0.173. The van der Waals surface area contributed by atoms with E-state index in [-0.39, 0.29) is 9.79 Å². The van der Waals surface area contributed by atoms with Crippen LogP contribution in [0.25, 0.3) is 0 Å². The number of hydrogen-bond acceptors (Lipinski definition) is 5. The molecule has 29 heavy (non-hydrogen) atoms. The molecule has 0 aromatic heterocycles. The van der Waals surface area contributed by atoms with Crippen LogP contribution in [0.4, 0.5) is 5.69 Å². The van der Waals surface area contributed by atoms with Gasteiger partial charge in [-0.3, -0.25) is 9.11 Å². The third-order valence-electron chi connectivity index (χ3n) is 4.31. The lowest BCUT2D eigenvalue weighted by atomic mass is 10.1. The number of para-hydroxylation sites is 1. The average molecular weight is 434 g/mol. The molecule has 152 valence electrons. The number of anilines is 1. The van der Waals surface area contributed by atoms with E-state index in [0.29, 0.717) is 13.1 Å². The molecule has 3 rings (SSSR count). The van der Waals surface area contributed by atoms with Crippen molar-refractivity contribution in [1.82, 2.24) is 0 Å². The van der Waals surface area contributed by atoms with Crippen molar-refractivity contribution in [2.45, 2.75) is 22.9 Å². The normalized spacial score (nSPS) is 11.9. The Morgan fingerprint density at radius 1 is 0.586 bits per heavy atom. The highest BCUT2D eigenvalue weighted by molar-refractivity contribution is 7.86. The monoisotopic (exact) mass is 433 g/mol. The molecule has 0 heterocycles. The van der Waals surface area contributed by atoms with Gasteiger partial charge in [-0.25, -0.2) is 0 Å². The predicted molar refractivity (Wildman–Crippen MR) is 109 cm³/mol. The van der Waals surface area contributed by atoms with E-state index in [1.165, 1.54) is 24.3 Å². The first-order valence-corrected chi connectivity index (χ1v) is 11.4. The SMILES string of the molecule is O=S(=O)(O)c1ccc(CN(Cc2ccc(S(=O)(=O)O)cc2)c2ccccc2)cc1. The Morgan fingerprint density at radius 3 is 1.31 bits per heavy atom. The van der Waals surface area contributed by atoms with E-state index < -0.39 is 20.2 Å². The average Bonchev–Trinajstić information content (AvgIpc) is 2.68. The number of rotatable bonds is 7. The molecule has 0 atom stereocenters. The molecule has 0 aliphatic rings. The molecule has 0 unspecified atom stereocenters. The van der Waals surface area contributed by atoms with Crippen molar-refractivity contribution in [2.24, 2.45) is 0 Å². The Balaban J connectivity index is 1.86. The maximum absolute atomic E-state index is 11.2. The first-order valence-electron chi connectivity index (χ1n) is 8.56. The molecular weight excluding hydrogens is 414 g/mol. The van der Waals surface area contributed by atoms with Gasteiger partial charge in [0.1, 0.15) is 0 Å². The summed E-state index contributed by atoms with van der Waals surface area (Å²) in [5.74, 6) is 0. The molecule has 0 saturated carbocycles. The van der Waals surface area contributed by atoms with Crippen molar-refractivity contribution in [1.29, 1.82) is 0 Å². The van der Waals surface area contributed by atoms with Crippen LogP contribution in [-0.2, 0) is 33.3 Å². The zero-order valence-electron chi connectivity index (χ0n) is 15.2. The highest BCUT2D eigenvalue weighted by Gasteiger charge is 2.13. The first kappa shape index (κ1) is 21.0. The second-order valence-corrected chi connectivity index (χ2v) is 9.27. The van der Waals surface area contributed by atoms with E-state index >= 15 is 0 Å². The third kappa shape index (κ3) is 5.64. The van der Waals surface area contributed by atoms with E-state index in [2.05, 4.69) is 0 Å². The summed E-state index contributed by atoms with van der Waals surface area (Å²) >= 11 is 0. The molecule has 0 aliphatic carbocycles. The molecule has 9 heteroatoms. The zero-order valence-corrected chi connectivity index (χ0v) is 16.8. The van der Waals surface area contributed by atoms with Crippen LogP contribution in [0, 0.1) is 0 Å². The molecule has 0 aliphatic heterocycles. The van der Waals surface area contributed by atoms with Gasteiger partial charge in [0.05, 0.1) is 9.79 Å². The van der Waals surface area contributed by atoms with Gasteiger partial charge < -0.3 is 4.90 Å². The summed E-state index contributed by atoms with van der Waals surface area (Å²) in [5, 5.41) is 0. The Hall–Kier alpha value is -2.72. The molecule has 0 fully saturated rings. The van der Waals surface area contributed by atoms with Gasteiger partial charge >= 0.3 is 0 Å². The molecule has 3 aromatic carbocycles. The topological polar surface area (TPSA) is 112 Å². The molecule has 0 amide bonds. The Labute approximate surface area is 169 Å². The molecule has 0 radical (unpaired) electrons. The van der Waals surface area contributed by atoms with E-state index in [1.54, 1.807) is 24.3 Å². The van der Waals surface area contributed by atoms with E-state index in [1.807, 2.05) is 35.2 Å². The van der Waals surface area contributed by atoms with Gasteiger partial charge in [0.15, 0.2) is 0 Å². The van der Waals surface area contributed by atoms with Crippen LogP contribution in [0.5, 0.6) is 0 Å². The maximum Gasteiger partial charge on any atom is 0.294 e. The largest absolute Gasteiger partial charge is 0.363 e. The molecule has 2 N–H and O–H groups in total. The molecule has 7 nitrogen and oxygen atoms in total. The van der Waals surface area contributed by atoms with Crippen LogP contribution >= 0.6 is 0 Å². The van der Waals surface area contributed by atoms with E-state index in [0.717, 1.165) is 16.8 Å². The van der Waals surface area contributed by atoms with E-state index in [9.17, 15) is 16.8 Å². The van der Waals surface area contributed by atoms with Crippen LogP contribution in [0.15, 0.2) is 88.7 Å². The van der Waals surface area contributed by atoms with Gasteiger partial charge in [-0.2, -0.15) is 16.8 Å². The van der Waals surface area contributed by atoms with Crippen molar-refractivity contribution in [2.75, 3.05) is 4.90 Å². The molecule has 0 spiro atoms. The highest BCUT2D eigenvalue weighted by atomic mass is 32.2. The maximum atomic E-state index is 11.2. The molecule has 0 saturated heterocycles. The molecule has 3 aromatic rings. The zero-order chi connectivity index (χ0) is 21.1. The fraction of sp³-hybridized carbons (Fsp3) is 0.100. The predicted octanol–water partition coefficient (Wildman–Crippen LogP) is 3.39. The lowest BCUT2D eigenvalue weighted by molar-refractivity contribution is 0.481. The second-order valence-electron chi connectivity index (χ2n) is 6.43. The van der Waals surface area contributed by atoms with Gasteiger partial charge in [0, 0.05) is 18.8 Å². The van der Waals surface area contributed by atoms with Crippen LogP contribution < -0.4 is 4.90 Å². The van der Waals surface area contributed by atoms with Crippen LogP contribution in [0.3, 0.4) is 0 Å². The van der Waals surface area contributed by atoms with Crippen molar-refractivity contribution >= 4 is 25.9 Å². The number of nitrogens with zero attached hydrogens (tertiary/aromatic N) is 1. The Kier molecular flexibility index (Phi) is 6.04. The van der Waals surface area contributed by atoms with Crippen LogP contribution in [0.2, 0.25) is 0 Å². The molecular formula is C20H19NO6S2. The summed E-state index contributed by atoms with van der Waals surface area (Å²) in [6, 6.07) is 21.4. The van der Waals surface area contributed by atoms with Gasteiger partial charge in [-0.15, -0.1) is 0 Å². The fourth-order valence-corrected chi connectivity index (χ4v) is 3.81. The lowest BCUT2D eigenvalue weighted by Gasteiger charge is -2.25. The summed E-state index contributed by atoms with van der Waals surface area (Å²) < 4.78 is 63.1. The van der Waals surface area contributed by atoms with Gasteiger partial charge in [0.2, 0.25) is 0 Å². The summed E-state index contributed by atoms with van der Waals surface area (Å²) in [5.41, 5.74) is 2.58. The third-order valence-corrected chi connectivity index (χ3v) is 6.05. The first-order chi connectivity index (χ1) is 13.6. The highest BCUT2D eigenvalue weighted by Crippen LogP contribution is 2.21. The van der Waals surface area contributed by atoms with Gasteiger partial charge in [0.25, 0.3) is 20.2 Å². The number of hydrogen-bond donors (Lipinski definition) is 2. The standard InChI is InChI=1S/C20H19NO6S2/c22-28(23,24)19-10-6-16(7-11-19)14-21(18-4-2-1-3-5-18)15-17-8-12-20(13-9-17)29(25,26)27/h1-13H,14-15H2,(H,22,23,24)(H,25,26,27). The van der Waals surface area contributed by atoms with Crippen LogP contribution in [0.1, 0.15) is 11.1 Å². The van der Waals surface area contributed by atoms with E-state index in [4.69, 9.17) is 9.11 Å². The van der Waals surface area contributed by atoms with Crippen molar-refractivity contribution < 1.29 is 25.9 Å². The minimum Gasteiger partial charge on any atom is -0.363 e. The van der Waals surface area contributed by atoms with Crippen LogP contribution in [-0.4, -0.2) is 25.9 Å². The summed E-state index contributed by atoms with van der Waals surface area (Å²) in [6.07, 6.45) is 0. The number of benzene rings is 3. The Morgan fingerprint density at radius 2 is 0.966 bits per heavy atom. The smallest absolute Gasteiger partial charge is 0.294 e. The summed E-state index contributed by atoms with van der Waals surface area (Å²) in [6.45, 7) is 0.908. The van der Waals surface area contributed by atoms with Gasteiger partial charge in [-0.1, -0.05) is 42.5 Å². The van der Waals surface area contributed by atoms with Crippen molar-refractivity contribution in [3.05, 3.63) is 90.0 Å². The Bertz CT molecular complexity index is 1100. The second kappa shape index (κ2) is 8.34. The summed E-state index contributed by atoms with van der Waals surface area (Å²) in [7, 11) is -8.50. The minimum atomic E-state index is -4.25. The lowest BCUT2D eigenvalue weighted by Crippen LogP contribution is -2.22. The quantitative estimate of drug-likeness (QED) is 0.549. The fourth-order valence-electron chi connectivity index (χ4n) is 2.85. The van der Waals surface area contributed by atoms with Crippen molar-refractivity contribution in [3.8, 4) is 0 Å². The van der Waals surface area contributed by atoms with Gasteiger partial charge in [-0.05, 0) is 47.5 Å². The summed E-state index contributed by atoms with van der Waals surface area (Å²) in [4.78, 5) is 1.69.